The molecule has 2 N–H and O–H groups in total. The van der Waals surface area contributed by atoms with Gasteiger partial charge in [0.1, 0.15) is 0 Å². The molecule has 1 heterocycles. The second kappa shape index (κ2) is 5.59. The van der Waals surface area contributed by atoms with E-state index in [0.29, 0.717) is 5.95 Å². The van der Waals surface area contributed by atoms with Gasteiger partial charge in [0.15, 0.2) is 0 Å². The highest BCUT2D eigenvalue weighted by atomic mass is 35.5. The molecule has 0 atom stereocenters. The van der Waals surface area contributed by atoms with Crippen molar-refractivity contribution in [3.8, 4) is 0 Å². The Morgan fingerprint density at radius 3 is 1.78 bits per heavy atom. The van der Waals surface area contributed by atoms with Crippen molar-refractivity contribution in [3.63, 3.8) is 0 Å². The van der Waals surface area contributed by atoms with Gasteiger partial charge in [-0.05, 0) is 6.07 Å². The topological polar surface area (TPSA) is 51.8 Å². The zero-order chi connectivity index (χ0) is 5.11. The van der Waals surface area contributed by atoms with Crippen LogP contribution in [0.5, 0.6) is 0 Å². The summed E-state index contributed by atoms with van der Waals surface area (Å²) in [5.74, 6) is 0.322. The first kappa shape index (κ1) is 11.3. The molecule has 3 nitrogen and oxygen atoms in total. The van der Waals surface area contributed by atoms with Crippen molar-refractivity contribution in [1.29, 1.82) is 0 Å². The summed E-state index contributed by atoms with van der Waals surface area (Å²) in [6.45, 7) is 0. The number of nitrogens with zero attached hydrogens (tertiary/aromatic N) is 2. The molecule has 0 spiro atoms. The van der Waals surface area contributed by atoms with Gasteiger partial charge in [-0.25, -0.2) is 9.97 Å². The highest BCUT2D eigenvalue weighted by Crippen LogP contribution is 1.81. The molecule has 0 aliphatic heterocycles. The summed E-state index contributed by atoms with van der Waals surface area (Å²) in [6, 6.07) is 1.72. The maximum atomic E-state index is 5.14. The molecule has 0 saturated carbocycles. The number of aromatic nitrogens is 2. The van der Waals surface area contributed by atoms with E-state index in [-0.39, 0.29) is 24.8 Å². The van der Waals surface area contributed by atoms with Crippen molar-refractivity contribution in [2.45, 2.75) is 0 Å². The van der Waals surface area contributed by atoms with Crippen LogP contribution < -0.4 is 5.73 Å². The highest BCUT2D eigenvalue weighted by Gasteiger charge is 1.75. The van der Waals surface area contributed by atoms with Gasteiger partial charge in [0.2, 0.25) is 5.95 Å². The lowest BCUT2D eigenvalue weighted by atomic mass is 10.7. The molecule has 0 fully saturated rings. The molecule has 0 unspecified atom stereocenters. The van der Waals surface area contributed by atoms with Crippen LogP contribution in [0.3, 0.4) is 0 Å². The molecule has 0 amide bonds. The maximum absolute atomic E-state index is 5.14. The first-order valence-electron chi connectivity index (χ1n) is 1.92. The molecular weight excluding hydrogens is 161 g/mol. The zero-order valence-corrected chi connectivity index (χ0v) is 6.15. The van der Waals surface area contributed by atoms with E-state index >= 15 is 0 Å². The number of rotatable bonds is 0. The van der Waals surface area contributed by atoms with Gasteiger partial charge in [-0.15, -0.1) is 24.8 Å². The Kier molecular flexibility index (Phi) is 7.01. The van der Waals surface area contributed by atoms with E-state index in [2.05, 4.69) is 9.97 Å². The second-order valence-electron chi connectivity index (χ2n) is 1.11. The van der Waals surface area contributed by atoms with Crippen molar-refractivity contribution in [2.75, 3.05) is 5.73 Å². The van der Waals surface area contributed by atoms with Crippen LogP contribution >= 0.6 is 24.8 Å². The second-order valence-corrected chi connectivity index (χ2v) is 1.11. The third-order valence-corrected chi connectivity index (χ3v) is 0.586. The fourth-order valence-electron chi connectivity index (χ4n) is 0.311. The predicted octanol–water partition coefficient (Wildman–Crippen LogP) is 0.902. The molecule has 1 rings (SSSR count). The lowest BCUT2D eigenvalue weighted by Gasteiger charge is -1.82. The minimum absolute atomic E-state index is 0. The Hall–Kier alpha value is -0.540. The Morgan fingerprint density at radius 1 is 1.11 bits per heavy atom. The van der Waals surface area contributed by atoms with Gasteiger partial charge in [0, 0.05) is 12.4 Å². The molecule has 9 heavy (non-hydrogen) atoms. The normalized spacial score (nSPS) is 6.67. The van der Waals surface area contributed by atoms with Crippen LogP contribution in [0, 0.1) is 0 Å². The average Bonchev–Trinajstić information content (AvgIpc) is 1.69. The van der Waals surface area contributed by atoms with E-state index < -0.39 is 0 Å². The maximum Gasteiger partial charge on any atom is 0.219 e. The molecule has 5 heteroatoms. The molecule has 0 saturated heterocycles. The fourth-order valence-corrected chi connectivity index (χ4v) is 0.311. The minimum atomic E-state index is 0. The van der Waals surface area contributed by atoms with Gasteiger partial charge in [-0.3, -0.25) is 0 Å². The number of nitrogen functional groups attached to an aromatic ring is 1. The summed E-state index contributed by atoms with van der Waals surface area (Å²) in [5, 5.41) is 0. The number of anilines is 1. The quantitative estimate of drug-likeness (QED) is 0.626. The van der Waals surface area contributed by atoms with Gasteiger partial charge in [0.25, 0.3) is 0 Å². The van der Waals surface area contributed by atoms with E-state index in [4.69, 9.17) is 5.73 Å². The first-order valence-corrected chi connectivity index (χ1v) is 1.92. The summed E-state index contributed by atoms with van der Waals surface area (Å²) in [4.78, 5) is 7.29. The van der Waals surface area contributed by atoms with Crippen LogP contribution in [0.1, 0.15) is 0 Å². The number of halogens is 2. The first-order chi connectivity index (χ1) is 3.39. The molecule has 1 aromatic rings. The summed E-state index contributed by atoms with van der Waals surface area (Å²) in [5.41, 5.74) is 5.14. The fraction of sp³-hybridized carbons (Fsp3) is 0. The van der Waals surface area contributed by atoms with Crippen molar-refractivity contribution < 1.29 is 0 Å². The van der Waals surface area contributed by atoms with E-state index in [1.54, 1.807) is 18.5 Å². The molecular formula is C4H7Cl2N3. The molecule has 0 aliphatic rings. The largest absolute Gasteiger partial charge is 0.368 e. The predicted molar refractivity (Wildman–Crippen MR) is 40.9 cm³/mol. The molecule has 1 aromatic heterocycles. The van der Waals surface area contributed by atoms with Crippen LogP contribution in [-0.2, 0) is 0 Å². The molecule has 0 radical (unpaired) electrons. The van der Waals surface area contributed by atoms with Crippen molar-refractivity contribution in [1.82, 2.24) is 9.97 Å². The van der Waals surface area contributed by atoms with Gasteiger partial charge in [-0.2, -0.15) is 0 Å². The lowest BCUT2D eigenvalue weighted by molar-refractivity contribution is 1.19. The Morgan fingerprint density at radius 2 is 1.56 bits per heavy atom. The van der Waals surface area contributed by atoms with E-state index in [1.807, 2.05) is 0 Å². The van der Waals surface area contributed by atoms with Crippen LogP contribution in [0.15, 0.2) is 18.5 Å². The Bertz CT molecular complexity index is 144. The summed E-state index contributed by atoms with van der Waals surface area (Å²) < 4.78 is 0. The third kappa shape index (κ3) is 4.00. The van der Waals surface area contributed by atoms with E-state index in [9.17, 15) is 0 Å². The Balaban J connectivity index is 0. The minimum Gasteiger partial charge on any atom is -0.368 e. The average molecular weight is 168 g/mol. The van der Waals surface area contributed by atoms with Crippen LogP contribution in [-0.4, -0.2) is 9.97 Å². The SMILES string of the molecule is Cl.Cl.Nc1ncccn1. The molecule has 0 bridgehead atoms. The van der Waals surface area contributed by atoms with Crippen molar-refractivity contribution >= 4 is 30.8 Å². The summed E-state index contributed by atoms with van der Waals surface area (Å²) >= 11 is 0. The van der Waals surface area contributed by atoms with Crippen LogP contribution in [0.4, 0.5) is 5.95 Å². The Labute approximate surface area is 65.5 Å². The molecule has 0 aliphatic carbocycles. The van der Waals surface area contributed by atoms with Crippen molar-refractivity contribution in [2.24, 2.45) is 0 Å². The summed E-state index contributed by atoms with van der Waals surface area (Å²) in [7, 11) is 0. The van der Waals surface area contributed by atoms with Crippen molar-refractivity contribution in [3.05, 3.63) is 18.5 Å². The summed E-state index contributed by atoms with van der Waals surface area (Å²) in [6.07, 6.45) is 3.20. The van der Waals surface area contributed by atoms with Gasteiger partial charge in [-0.1, -0.05) is 0 Å². The lowest BCUT2D eigenvalue weighted by Crippen LogP contribution is -1.90. The van der Waals surface area contributed by atoms with Gasteiger partial charge >= 0.3 is 0 Å². The number of hydrogen-bond acceptors (Lipinski definition) is 3. The third-order valence-electron chi connectivity index (χ3n) is 0.586. The van der Waals surface area contributed by atoms with Gasteiger partial charge < -0.3 is 5.73 Å². The number of nitrogens with two attached hydrogens (primary N) is 1. The monoisotopic (exact) mass is 167 g/mol. The van der Waals surface area contributed by atoms with E-state index in [0.717, 1.165) is 0 Å². The smallest absolute Gasteiger partial charge is 0.219 e. The molecule has 52 valence electrons. The zero-order valence-electron chi connectivity index (χ0n) is 4.52. The number of hydrogen-bond donors (Lipinski definition) is 1. The van der Waals surface area contributed by atoms with Gasteiger partial charge in [0.05, 0.1) is 0 Å². The highest BCUT2D eigenvalue weighted by molar-refractivity contribution is 5.85. The van der Waals surface area contributed by atoms with Crippen LogP contribution in [0.2, 0.25) is 0 Å². The standard InChI is InChI=1S/C4H5N3.2ClH/c5-4-6-2-1-3-7-4;;/h1-3H,(H2,5,6,7);2*1H. The van der Waals surface area contributed by atoms with E-state index in [1.165, 1.54) is 0 Å². The molecule has 0 aromatic carbocycles. The van der Waals surface area contributed by atoms with Crippen LogP contribution in [0.25, 0.3) is 0 Å².